The van der Waals surface area contributed by atoms with Gasteiger partial charge in [-0.2, -0.15) is 0 Å². The fourth-order valence-corrected chi connectivity index (χ4v) is 8.10. The monoisotopic (exact) mass is 719 g/mol. The van der Waals surface area contributed by atoms with E-state index in [1.165, 1.54) is 0 Å². The van der Waals surface area contributed by atoms with Crippen molar-refractivity contribution < 1.29 is 13.3 Å². The molecule has 0 aliphatic heterocycles. The van der Waals surface area contributed by atoms with Gasteiger partial charge < -0.3 is 17.8 Å². The molecule has 0 saturated carbocycles. The van der Waals surface area contributed by atoms with E-state index in [4.69, 9.17) is 13.3 Å². The SMILES string of the molecule is c1ccc(-n2c3cc(-c4ccc(-c5nc6ccccc6o5)cc4)ccc3c3cc4oc5cc(-c6ccc(-c7nc8ccccc8o7)cc6)ccc5c4cc32)cc1. The molecular weight excluding hydrogens is 691 g/mol. The second-order valence-corrected chi connectivity index (χ2v) is 14.2. The molecule has 12 rings (SSSR count). The zero-order valence-electron chi connectivity index (χ0n) is 29.8. The van der Waals surface area contributed by atoms with Crippen LogP contribution < -0.4 is 0 Å². The van der Waals surface area contributed by atoms with Gasteiger partial charge in [-0.3, -0.25) is 0 Å². The first-order chi connectivity index (χ1) is 27.7. The minimum atomic E-state index is 0.618. The Hall–Kier alpha value is -7.70. The van der Waals surface area contributed by atoms with Crippen molar-refractivity contribution in [2.75, 3.05) is 0 Å². The lowest BCUT2D eigenvalue weighted by molar-refractivity contribution is 0.619. The molecule has 8 aromatic carbocycles. The van der Waals surface area contributed by atoms with Crippen molar-refractivity contribution in [3.8, 4) is 50.8 Å². The molecule has 0 N–H and O–H groups in total. The third-order valence-corrected chi connectivity index (χ3v) is 10.9. The van der Waals surface area contributed by atoms with Gasteiger partial charge in [0.2, 0.25) is 11.8 Å². The molecule has 0 radical (unpaired) electrons. The van der Waals surface area contributed by atoms with Crippen LogP contribution in [0.2, 0.25) is 0 Å². The minimum Gasteiger partial charge on any atom is -0.456 e. The zero-order chi connectivity index (χ0) is 36.7. The standard InChI is InChI=1S/C50H29N3O3/c1-2-8-36(9-3-1)53-43-26-34(30-14-18-32(19-15-30)49-51-41-10-4-6-12-45(41)55-49)22-24-37(43)39-29-48-40(28-44(39)53)38-25-23-35(27-47(38)54-48)31-16-20-33(21-17-31)50-52-42-11-5-7-13-46(42)56-50/h1-29H. The number of benzene rings is 8. The van der Waals surface area contributed by atoms with E-state index in [9.17, 15) is 0 Å². The number of fused-ring (bicyclic) bond motifs is 8. The predicted molar refractivity (Wildman–Crippen MR) is 225 cm³/mol. The van der Waals surface area contributed by atoms with Gasteiger partial charge >= 0.3 is 0 Å². The maximum atomic E-state index is 6.63. The van der Waals surface area contributed by atoms with E-state index in [2.05, 4.69) is 142 Å². The number of para-hydroxylation sites is 5. The molecule has 6 heteroatoms. The fourth-order valence-electron chi connectivity index (χ4n) is 8.10. The van der Waals surface area contributed by atoms with E-state index < -0.39 is 0 Å². The van der Waals surface area contributed by atoms with E-state index in [0.717, 1.165) is 105 Å². The summed E-state index contributed by atoms with van der Waals surface area (Å²) in [5.74, 6) is 1.24. The van der Waals surface area contributed by atoms with E-state index >= 15 is 0 Å². The second kappa shape index (κ2) is 11.9. The van der Waals surface area contributed by atoms with Crippen LogP contribution in [0, 0.1) is 0 Å². The first-order valence-corrected chi connectivity index (χ1v) is 18.6. The van der Waals surface area contributed by atoms with Crippen LogP contribution in [-0.4, -0.2) is 14.5 Å². The maximum Gasteiger partial charge on any atom is 0.227 e. The molecule has 0 aliphatic carbocycles. The third kappa shape index (κ3) is 4.83. The van der Waals surface area contributed by atoms with Gasteiger partial charge in [0, 0.05) is 38.4 Å². The fraction of sp³-hybridized carbons (Fsp3) is 0. The van der Waals surface area contributed by atoms with Crippen LogP contribution in [0.5, 0.6) is 0 Å². The van der Waals surface area contributed by atoms with Crippen molar-refractivity contribution in [1.82, 2.24) is 14.5 Å². The summed E-state index contributed by atoms with van der Waals surface area (Å²) in [6.45, 7) is 0. The molecule has 0 saturated heterocycles. The van der Waals surface area contributed by atoms with Gasteiger partial charge in [-0.15, -0.1) is 0 Å². The van der Waals surface area contributed by atoms with Crippen molar-refractivity contribution in [2.45, 2.75) is 0 Å². The van der Waals surface area contributed by atoms with Crippen LogP contribution in [0.1, 0.15) is 0 Å². The molecule has 0 unspecified atom stereocenters. The normalized spacial score (nSPS) is 11.9. The van der Waals surface area contributed by atoms with Gasteiger partial charge in [0.15, 0.2) is 11.2 Å². The lowest BCUT2D eigenvalue weighted by atomic mass is 10.0. The molecule has 0 atom stereocenters. The Morgan fingerprint density at radius 3 is 1.45 bits per heavy atom. The average Bonchev–Trinajstić information content (AvgIpc) is 4.04. The summed E-state index contributed by atoms with van der Waals surface area (Å²) >= 11 is 0. The van der Waals surface area contributed by atoms with Gasteiger partial charge in [0.25, 0.3) is 0 Å². The molecule has 4 heterocycles. The Morgan fingerprint density at radius 1 is 0.321 bits per heavy atom. The highest BCUT2D eigenvalue weighted by Crippen LogP contribution is 2.41. The van der Waals surface area contributed by atoms with Gasteiger partial charge in [-0.25, -0.2) is 9.97 Å². The minimum absolute atomic E-state index is 0.618. The molecule has 4 aromatic heterocycles. The van der Waals surface area contributed by atoms with Gasteiger partial charge in [-0.1, -0.05) is 84.9 Å². The number of aromatic nitrogens is 3. The summed E-state index contributed by atoms with van der Waals surface area (Å²) in [6.07, 6.45) is 0. The Morgan fingerprint density at radius 2 is 0.821 bits per heavy atom. The van der Waals surface area contributed by atoms with Crippen LogP contribution in [0.15, 0.2) is 189 Å². The van der Waals surface area contributed by atoms with Crippen LogP contribution >= 0.6 is 0 Å². The highest BCUT2D eigenvalue weighted by molar-refractivity contribution is 6.17. The summed E-state index contributed by atoms with van der Waals surface area (Å²) in [7, 11) is 0. The van der Waals surface area contributed by atoms with E-state index in [1.54, 1.807) is 0 Å². The number of hydrogen-bond donors (Lipinski definition) is 0. The number of oxazole rings is 2. The molecular formula is C50H29N3O3. The largest absolute Gasteiger partial charge is 0.456 e. The molecule has 0 bridgehead atoms. The molecule has 56 heavy (non-hydrogen) atoms. The summed E-state index contributed by atoms with van der Waals surface area (Å²) in [5.41, 5.74) is 14.7. The highest BCUT2D eigenvalue weighted by atomic mass is 16.4. The highest BCUT2D eigenvalue weighted by Gasteiger charge is 2.18. The summed E-state index contributed by atoms with van der Waals surface area (Å²) in [4.78, 5) is 9.35. The predicted octanol–water partition coefficient (Wildman–Crippen LogP) is 13.6. The first kappa shape index (κ1) is 30.7. The van der Waals surface area contributed by atoms with Gasteiger partial charge in [0.05, 0.1) is 11.0 Å². The van der Waals surface area contributed by atoms with Crippen LogP contribution in [0.4, 0.5) is 0 Å². The molecule has 262 valence electrons. The number of hydrogen-bond acceptors (Lipinski definition) is 5. The van der Waals surface area contributed by atoms with Gasteiger partial charge in [0.1, 0.15) is 22.2 Å². The lowest BCUT2D eigenvalue weighted by Crippen LogP contribution is -1.93. The molecule has 0 amide bonds. The summed E-state index contributed by atoms with van der Waals surface area (Å²) < 4.78 is 21.0. The van der Waals surface area contributed by atoms with Crippen LogP contribution in [-0.2, 0) is 0 Å². The Labute approximate surface area is 319 Å². The maximum absolute atomic E-state index is 6.63. The van der Waals surface area contributed by atoms with Crippen molar-refractivity contribution in [3.63, 3.8) is 0 Å². The van der Waals surface area contributed by atoms with Crippen molar-refractivity contribution in [3.05, 3.63) is 176 Å². The number of rotatable bonds is 5. The third-order valence-electron chi connectivity index (χ3n) is 10.9. The zero-order valence-corrected chi connectivity index (χ0v) is 29.8. The average molecular weight is 720 g/mol. The number of furan rings is 1. The van der Waals surface area contributed by atoms with E-state index in [1.807, 2.05) is 48.5 Å². The van der Waals surface area contributed by atoms with Crippen molar-refractivity contribution in [2.24, 2.45) is 0 Å². The number of nitrogens with zero attached hydrogens (tertiary/aromatic N) is 3. The van der Waals surface area contributed by atoms with E-state index in [0.29, 0.717) is 11.8 Å². The Balaban J connectivity index is 0.938. The van der Waals surface area contributed by atoms with Crippen LogP contribution in [0.3, 0.4) is 0 Å². The smallest absolute Gasteiger partial charge is 0.227 e. The lowest BCUT2D eigenvalue weighted by Gasteiger charge is -2.09. The molecule has 0 spiro atoms. The van der Waals surface area contributed by atoms with Gasteiger partial charge in [-0.05, 0) is 113 Å². The van der Waals surface area contributed by atoms with E-state index in [-0.39, 0.29) is 0 Å². The summed E-state index contributed by atoms with van der Waals surface area (Å²) in [6, 6.07) is 60.7. The summed E-state index contributed by atoms with van der Waals surface area (Å²) in [5, 5.41) is 4.47. The van der Waals surface area contributed by atoms with Crippen LogP contribution in [0.25, 0.3) is 117 Å². The molecule has 6 nitrogen and oxygen atoms in total. The molecule has 0 aliphatic rings. The second-order valence-electron chi connectivity index (χ2n) is 14.2. The topological polar surface area (TPSA) is 70.1 Å². The van der Waals surface area contributed by atoms with Crippen molar-refractivity contribution >= 4 is 65.9 Å². The first-order valence-electron chi connectivity index (χ1n) is 18.6. The van der Waals surface area contributed by atoms with Crippen molar-refractivity contribution in [1.29, 1.82) is 0 Å². The molecule has 12 aromatic rings. The quantitative estimate of drug-likeness (QED) is 0.177. The Kier molecular flexibility index (Phi) is 6.53. The molecule has 0 fully saturated rings. The Bertz CT molecular complexity index is 3390.